The highest BCUT2D eigenvalue weighted by atomic mass is 16.4. The van der Waals surface area contributed by atoms with E-state index in [4.69, 9.17) is 5.11 Å². The van der Waals surface area contributed by atoms with E-state index >= 15 is 0 Å². The van der Waals surface area contributed by atoms with Gasteiger partial charge in [0, 0.05) is 11.9 Å². The van der Waals surface area contributed by atoms with Gasteiger partial charge in [-0.1, -0.05) is 0 Å². The fourth-order valence-corrected chi connectivity index (χ4v) is 1.85. The average molecular weight is 274 g/mol. The molecule has 0 bridgehead atoms. The zero-order valence-corrected chi connectivity index (χ0v) is 11.1. The number of hydrogen-bond acceptors (Lipinski definition) is 4. The predicted molar refractivity (Wildman–Crippen MR) is 70.4 cm³/mol. The molecule has 0 spiro atoms. The van der Waals surface area contributed by atoms with Crippen LogP contribution in [0.1, 0.15) is 37.8 Å². The van der Waals surface area contributed by atoms with Crippen LogP contribution in [0, 0.1) is 13.8 Å². The van der Waals surface area contributed by atoms with Gasteiger partial charge >= 0.3 is 5.97 Å². The van der Waals surface area contributed by atoms with E-state index < -0.39 is 5.97 Å². The van der Waals surface area contributed by atoms with Gasteiger partial charge in [0.15, 0.2) is 0 Å². The molecule has 1 amide bonds. The fraction of sp³-hybridized carbons (Fsp3) is 0.231. The molecule has 0 saturated heterocycles. The molecular formula is C13H14N4O3. The Balaban J connectivity index is 2.07. The second-order valence-electron chi connectivity index (χ2n) is 4.33. The Bertz CT molecular complexity index is 644. The van der Waals surface area contributed by atoms with Crippen molar-refractivity contribution in [2.24, 2.45) is 0 Å². The van der Waals surface area contributed by atoms with E-state index in [2.05, 4.69) is 20.5 Å². The first-order chi connectivity index (χ1) is 9.49. The fourth-order valence-electron chi connectivity index (χ4n) is 1.85. The van der Waals surface area contributed by atoms with Crippen molar-refractivity contribution in [2.45, 2.75) is 20.4 Å². The number of H-pyrrole nitrogens is 1. The molecule has 0 radical (unpaired) electrons. The molecule has 7 heteroatoms. The summed E-state index contributed by atoms with van der Waals surface area (Å²) in [5.74, 6) is -1.29. The Labute approximate surface area is 115 Å². The summed E-state index contributed by atoms with van der Waals surface area (Å²) in [7, 11) is 0. The Morgan fingerprint density at radius 2 is 2.15 bits per heavy atom. The minimum atomic E-state index is -1.03. The molecule has 2 aromatic rings. The van der Waals surface area contributed by atoms with Crippen molar-refractivity contribution in [3.63, 3.8) is 0 Å². The van der Waals surface area contributed by atoms with Crippen molar-refractivity contribution in [1.29, 1.82) is 0 Å². The molecule has 104 valence electrons. The van der Waals surface area contributed by atoms with Crippen molar-refractivity contribution in [2.75, 3.05) is 0 Å². The van der Waals surface area contributed by atoms with E-state index in [1.54, 1.807) is 13.8 Å². The van der Waals surface area contributed by atoms with Crippen molar-refractivity contribution < 1.29 is 14.7 Å². The summed E-state index contributed by atoms with van der Waals surface area (Å²) in [6, 6.07) is 2.83. The summed E-state index contributed by atoms with van der Waals surface area (Å²) >= 11 is 0. The molecule has 2 heterocycles. The standard InChI is InChI=1S/C13H14N4O3/c1-7-11(8(2)17-16-7)12(18)15-6-10-5-9(13(19)20)3-4-14-10/h3-5H,6H2,1-2H3,(H,15,18)(H,16,17)(H,19,20). The van der Waals surface area contributed by atoms with Gasteiger partial charge in [-0.15, -0.1) is 0 Å². The zero-order valence-electron chi connectivity index (χ0n) is 11.1. The van der Waals surface area contributed by atoms with Crippen LogP contribution in [0.15, 0.2) is 18.3 Å². The number of carbonyl (C=O) groups is 2. The molecule has 0 aliphatic carbocycles. The molecule has 20 heavy (non-hydrogen) atoms. The average Bonchev–Trinajstić information content (AvgIpc) is 2.76. The molecule has 0 aliphatic heterocycles. The summed E-state index contributed by atoms with van der Waals surface area (Å²) in [5, 5.41) is 18.3. The molecule has 3 N–H and O–H groups in total. The van der Waals surface area contributed by atoms with Crippen LogP contribution in [0.2, 0.25) is 0 Å². The monoisotopic (exact) mass is 274 g/mol. The summed E-state index contributed by atoms with van der Waals surface area (Å²) in [5.41, 5.74) is 2.43. The molecule has 0 fully saturated rings. The maximum atomic E-state index is 12.0. The number of rotatable bonds is 4. The van der Waals surface area contributed by atoms with Crippen LogP contribution in [-0.4, -0.2) is 32.2 Å². The largest absolute Gasteiger partial charge is 0.478 e. The number of amides is 1. The first-order valence-corrected chi connectivity index (χ1v) is 5.97. The van der Waals surface area contributed by atoms with Gasteiger partial charge in [-0.2, -0.15) is 5.10 Å². The predicted octanol–water partition coefficient (Wildman–Crippen LogP) is 1.05. The first-order valence-electron chi connectivity index (χ1n) is 5.97. The van der Waals surface area contributed by atoms with Gasteiger partial charge in [0.1, 0.15) is 0 Å². The van der Waals surface area contributed by atoms with Crippen LogP contribution in [0.3, 0.4) is 0 Å². The molecule has 0 aliphatic rings. The number of carboxylic acids is 1. The number of carboxylic acid groups (broad SMARTS) is 1. The van der Waals surface area contributed by atoms with Gasteiger partial charge in [-0.05, 0) is 26.0 Å². The number of aryl methyl sites for hydroxylation is 2. The molecule has 0 saturated carbocycles. The normalized spacial score (nSPS) is 10.3. The van der Waals surface area contributed by atoms with Gasteiger partial charge in [0.05, 0.1) is 29.1 Å². The smallest absolute Gasteiger partial charge is 0.335 e. The van der Waals surface area contributed by atoms with Gasteiger partial charge in [-0.25, -0.2) is 4.79 Å². The summed E-state index contributed by atoms with van der Waals surface area (Å²) in [6.07, 6.45) is 1.40. The summed E-state index contributed by atoms with van der Waals surface area (Å²) < 4.78 is 0. The van der Waals surface area contributed by atoms with Crippen LogP contribution >= 0.6 is 0 Å². The Morgan fingerprint density at radius 3 is 2.75 bits per heavy atom. The molecule has 2 aromatic heterocycles. The maximum absolute atomic E-state index is 12.0. The van der Waals surface area contributed by atoms with Crippen molar-refractivity contribution in [3.8, 4) is 0 Å². The number of carbonyl (C=O) groups excluding carboxylic acids is 1. The number of aromatic carboxylic acids is 1. The SMILES string of the molecule is Cc1n[nH]c(C)c1C(=O)NCc1cc(C(=O)O)ccn1. The molecule has 0 unspecified atom stereocenters. The Morgan fingerprint density at radius 1 is 1.40 bits per heavy atom. The second-order valence-corrected chi connectivity index (χ2v) is 4.33. The number of aromatic amines is 1. The zero-order chi connectivity index (χ0) is 14.7. The van der Waals surface area contributed by atoms with E-state index in [1.165, 1.54) is 18.3 Å². The number of aromatic nitrogens is 3. The lowest BCUT2D eigenvalue weighted by atomic mass is 10.2. The maximum Gasteiger partial charge on any atom is 0.335 e. The van der Waals surface area contributed by atoms with Crippen molar-refractivity contribution >= 4 is 11.9 Å². The summed E-state index contributed by atoms with van der Waals surface area (Å²) in [4.78, 5) is 26.9. The van der Waals surface area contributed by atoms with E-state index in [1.807, 2.05) is 0 Å². The number of nitrogens with zero attached hydrogens (tertiary/aromatic N) is 2. The minimum absolute atomic E-state index is 0.139. The van der Waals surface area contributed by atoms with Gasteiger partial charge in [0.2, 0.25) is 0 Å². The third-order valence-electron chi connectivity index (χ3n) is 2.85. The van der Waals surface area contributed by atoms with Crippen LogP contribution < -0.4 is 5.32 Å². The molecular weight excluding hydrogens is 260 g/mol. The van der Waals surface area contributed by atoms with Gasteiger partial charge < -0.3 is 10.4 Å². The van der Waals surface area contributed by atoms with Crippen LogP contribution in [-0.2, 0) is 6.54 Å². The quantitative estimate of drug-likeness (QED) is 0.772. The van der Waals surface area contributed by atoms with Crippen LogP contribution in [0.25, 0.3) is 0 Å². The van der Waals surface area contributed by atoms with E-state index in [9.17, 15) is 9.59 Å². The molecule has 0 aromatic carbocycles. The Kier molecular flexibility index (Phi) is 3.79. The highest BCUT2D eigenvalue weighted by Gasteiger charge is 2.15. The second kappa shape index (κ2) is 5.52. The van der Waals surface area contributed by atoms with Gasteiger partial charge in [0.25, 0.3) is 5.91 Å². The van der Waals surface area contributed by atoms with Gasteiger partial charge in [-0.3, -0.25) is 14.9 Å². The highest BCUT2D eigenvalue weighted by molar-refractivity contribution is 5.96. The lowest BCUT2D eigenvalue weighted by molar-refractivity contribution is 0.0696. The van der Waals surface area contributed by atoms with E-state index in [-0.39, 0.29) is 18.0 Å². The minimum Gasteiger partial charge on any atom is -0.478 e. The van der Waals surface area contributed by atoms with Crippen molar-refractivity contribution in [1.82, 2.24) is 20.5 Å². The third-order valence-corrected chi connectivity index (χ3v) is 2.85. The topological polar surface area (TPSA) is 108 Å². The van der Waals surface area contributed by atoms with E-state index in [0.717, 1.165) is 0 Å². The van der Waals surface area contributed by atoms with Crippen LogP contribution in [0.4, 0.5) is 0 Å². The highest BCUT2D eigenvalue weighted by Crippen LogP contribution is 2.09. The third kappa shape index (κ3) is 2.82. The van der Waals surface area contributed by atoms with Crippen molar-refractivity contribution in [3.05, 3.63) is 46.5 Å². The first kappa shape index (κ1) is 13.7. The van der Waals surface area contributed by atoms with Crippen LogP contribution in [0.5, 0.6) is 0 Å². The molecule has 7 nitrogen and oxygen atoms in total. The number of hydrogen-bond donors (Lipinski definition) is 3. The lowest BCUT2D eigenvalue weighted by Crippen LogP contribution is -2.24. The lowest BCUT2D eigenvalue weighted by Gasteiger charge is -2.05. The summed E-state index contributed by atoms with van der Waals surface area (Å²) in [6.45, 7) is 3.66. The Hall–Kier alpha value is -2.70. The molecule has 0 atom stereocenters. The number of nitrogens with one attached hydrogen (secondary N) is 2. The number of pyridine rings is 1. The van der Waals surface area contributed by atoms with E-state index in [0.29, 0.717) is 22.6 Å². The molecule has 2 rings (SSSR count).